The molecule has 0 saturated carbocycles. The van der Waals surface area contributed by atoms with E-state index < -0.39 is 0 Å². The van der Waals surface area contributed by atoms with E-state index >= 15 is 0 Å². The van der Waals surface area contributed by atoms with Crippen molar-refractivity contribution in [1.29, 1.82) is 0 Å². The standard InChI is InChI=1S/C13H19N3O/c1-16(8-6-14)7-2-3-11-4-5-12-13(9-11)17-10-15-12/h4-5,9-10H,2-3,6-8,14H2,1H3. The van der Waals surface area contributed by atoms with Crippen molar-refractivity contribution in [2.24, 2.45) is 5.73 Å². The number of nitrogens with two attached hydrogens (primary N) is 1. The van der Waals surface area contributed by atoms with Crippen LogP contribution in [0.25, 0.3) is 11.1 Å². The van der Waals surface area contributed by atoms with E-state index in [2.05, 4.69) is 29.1 Å². The molecule has 0 aliphatic rings. The van der Waals surface area contributed by atoms with Crippen LogP contribution >= 0.6 is 0 Å². The van der Waals surface area contributed by atoms with Gasteiger partial charge in [-0.1, -0.05) is 6.07 Å². The first-order valence-corrected chi connectivity index (χ1v) is 6.00. The first-order chi connectivity index (χ1) is 8.29. The summed E-state index contributed by atoms with van der Waals surface area (Å²) in [6.07, 6.45) is 3.69. The highest BCUT2D eigenvalue weighted by Gasteiger charge is 2.01. The molecule has 1 aromatic heterocycles. The third-order valence-electron chi connectivity index (χ3n) is 2.91. The van der Waals surface area contributed by atoms with Crippen LogP contribution in [0.2, 0.25) is 0 Å². The monoisotopic (exact) mass is 233 g/mol. The minimum Gasteiger partial charge on any atom is -0.443 e. The highest BCUT2D eigenvalue weighted by atomic mass is 16.3. The lowest BCUT2D eigenvalue weighted by atomic mass is 10.1. The maximum absolute atomic E-state index is 5.50. The molecule has 0 bridgehead atoms. The Morgan fingerprint density at radius 1 is 1.35 bits per heavy atom. The Hall–Kier alpha value is -1.39. The summed E-state index contributed by atoms with van der Waals surface area (Å²) < 4.78 is 5.29. The number of hydrogen-bond acceptors (Lipinski definition) is 4. The highest BCUT2D eigenvalue weighted by molar-refractivity contribution is 5.72. The number of hydrogen-bond donors (Lipinski definition) is 1. The van der Waals surface area contributed by atoms with Crippen molar-refractivity contribution in [3.8, 4) is 0 Å². The molecule has 0 aliphatic carbocycles. The lowest BCUT2D eigenvalue weighted by Crippen LogP contribution is -2.26. The molecule has 1 heterocycles. The number of rotatable bonds is 6. The van der Waals surface area contributed by atoms with E-state index in [1.54, 1.807) is 0 Å². The molecule has 0 radical (unpaired) electrons. The summed E-state index contributed by atoms with van der Waals surface area (Å²) in [5.74, 6) is 0. The first kappa shape index (κ1) is 12.1. The zero-order valence-electron chi connectivity index (χ0n) is 10.2. The third kappa shape index (κ3) is 3.28. The topological polar surface area (TPSA) is 55.3 Å². The summed E-state index contributed by atoms with van der Waals surface area (Å²) in [6, 6.07) is 6.21. The molecule has 17 heavy (non-hydrogen) atoms. The van der Waals surface area contributed by atoms with Gasteiger partial charge in [-0.25, -0.2) is 4.98 Å². The largest absolute Gasteiger partial charge is 0.443 e. The van der Waals surface area contributed by atoms with Gasteiger partial charge in [0.05, 0.1) is 0 Å². The maximum Gasteiger partial charge on any atom is 0.181 e. The summed E-state index contributed by atoms with van der Waals surface area (Å²) >= 11 is 0. The second-order valence-corrected chi connectivity index (χ2v) is 4.35. The summed E-state index contributed by atoms with van der Waals surface area (Å²) in [5.41, 5.74) is 8.60. The zero-order chi connectivity index (χ0) is 12.1. The molecule has 0 aliphatic heterocycles. The molecule has 92 valence electrons. The van der Waals surface area contributed by atoms with Crippen LogP contribution in [-0.4, -0.2) is 36.6 Å². The Morgan fingerprint density at radius 2 is 2.24 bits per heavy atom. The molecule has 0 amide bonds. The Bertz CT molecular complexity index is 466. The molecular weight excluding hydrogens is 214 g/mol. The van der Waals surface area contributed by atoms with E-state index in [4.69, 9.17) is 10.2 Å². The van der Waals surface area contributed by atoms with Crippen LogP contribution in [0.4, 0.5) is 0 Å². The fourth-order valence-corrected chi connectivity index (χ4v) is 1.94. The van der Waals surface area contributed by atoms with Crippen LogP contribution in [0.3, 0.4) is 0 Å². The van der Waals surface area contributed by atoms with Gasteiger partial charge in [0.25, 0.3) is 0 Å². The van der Waals surface area contributed by atoms with Gasteiger partial charge in [-0.2, -0.15) is 0 Å². The Balaban J connectivity index is 1.86. The van der Waals surface area contributed by atoms with Crippen LogP contribution in [0.1, 0.15) is 12.0 Å². The summed E-state index contributed by atoms with van der Waals surface area (Å²) in [7, 11) is 2.10. The number of nitrogens with zero attached hydrogens (tertiary/aromatic N) is 2. The Kier molecular flexibility index (Phi) is 4.12. The molecule has 1 aromatic carbocycles. The van der Waals surface area contributed by atoms with Gasteiger partial charge < -0.3 is 15.1 Å². The second kappa shape index (κ2) is 5.80. The van der Waals surface area contributed by atoms with Crippen molar-refractivity contribution >= 4 is 11.1 Å². The van der Waals surface area contributed by atoms with Gasteiger partial charge in [-0.3, -0.25) is 0 Å². The Morgan fingerprint density at radius 3 is 3.06 bits per heavy atom. The van der Waals surface area contributed by atoms with Gasteiger partial charge in [0.15, 0.2) is 12.0 Å². The second-order valence-electron chi connectivity index (χ2n) is 4.35. The molecule has 0 atom stereocenters. The Labute approximate surface area is 101 Å². The number of fused-ring (bicyclic) bond motifs is 1. The van der Waals surface area contributed by atoms with Gasteiger partial charge in [-0.15, -0.1) is 0 Å². The van der Waals surface area contributed by atoms with Crippen molar-refractivity contribution < 1.29 is 4.42 Å². The smallest absolute Gasteiger partial charge is 0.181 e. The molecule has 0 unspecified atom stereocenters. The molecule has 2 aromatic rings. The lowest BCUT2D eigenvalue weighted by molar-refractivity contribution is 0.338. The normalized spacial score (nSPS) is 11.5. The quantitative estimate of drug-likeness (QED) is 0.824. The van der Waals surface area contributed by atoms with Gasteiger partial charge in [0.2, 0.25) is 0 Å². The van der Waals surface area contributed by atoms with E-state index in [1.807, 2.05) is 6.07 Å². The van der Waals surface area contributed by atoms with Crippen molar-refractivity contribution in [2.45, 2.75) is 12.8 Å². The van der Waals surface area contributed by atoms with Crippen molar-refractivity contribution in [3.63, 3.8) is 0 Å². The number of benzene rings is 1. The predicted octanol–water partition coefficient (Wildman–Crippen LogP) is 1.65. The van der Waals surface area contributed by atoms with Crippen molar-refractivity contribution in [1.82, 2.24) is 9.88 Å². The van der Waals surface area contributed by atoms with Crippen LogP contribution in [0.15, 0.2) is 29.0 Å². The summed E-state index contributed by atoms with van der Waals surface area (Å²) in [6.45, 7) is 2.76. The van der Waals surface area contributed by atoms with E-state index in [0.29, 0.717) is 0 Å². The minimum atomic E-state index is 0.723. The van der Waals surface area contributed by atoms with E-state index in [-0.39, 0.29) is 0 Å². The predicted molar refractivity (Wildman–Crippen MR) is 68.9 cm³/mol. The molecule has 2 rings (SSSR count). The third-order valence-corrected chi connectivity index (χ3v) is 2.91. The van der Waals surface area contributed by atoms with Crippen molar-refractivity contribution in [3.05, 3.63) is 30.2 Å². The van der Waals surface area contributed by atoms with Gasteiger partial charge >= 0.3 is 0 Å². The number of aromatic nitrogens is 1. The molecular formula is C13H19N3O. The fourth-order valence-electron chi connectivity index (χ4n) is 1.94. The molecule has 4 heteroatoms. The number of aryl methyl sites for hydroxylation is 1. The van der Waals surface area contributed by atoms with Crippen molar-refractivity contribution in [2.75, 3.05) is 26.7 Å². The summed E-state index contributed by atoms with van der Waals surface area (Å²) in [4.78, 5) is 6.36. The van der Waals surface area contributed by atoms with Gasteiger partial charge in [-0.05, 0) is 44.1 Å². The highest BCUT2D eigenvalue weighted by Crippen LogP contribution is 2.15. The zero-order valence-corrected chi connectivity index (χ0v) is 10.2. The molecule has 0 saturated heterocycles. The lowest BCUT2D eigenvalue weighted by Gasteiger charge is -2.14. The van der Waals surface area contributed by atoms with Crippen LogP contribution in [-0.2, 0) is 6.42 Å². The van der Waals surface area contributed by atoms with Gasteiger partial charge in [0.1, 0.15) is 5.52 Å². The molecule has 0 spiro atoms. The molecule has 4 nitrogen and oxygen atoms in total. The van der Waals surface area contributed by atoms with Crippen LogP contribution in [0, 0.1) is 0 Å². The first-order valence-electron chi connectivity index (χ1n) is 6.00. The average Bonchev–Trinajstić information content (AvgIpc) is 2.76. The SMILES string of the molecule is CN(CCN)CCCc1ccc2ncoc2c1. The van der Waals surface area contributed by atoms with Crippen LogP contribution < -0.4 is 5.73 Å². The minimum absolute atomic E-state index is 0.723. The molecule has 2 N–H and O–H groups in total. The van der Waals surface area contributed by atoms with Gasteiger partial charge in [0, 0.05) is 13.1 Å². The van der Waals surface area contributed by atoms with E-state index in [9.17, 15) is 0 Å². The fraction of sp³-hybridized carbons (Fsp3) is 0.462. The maximum atomic E-state index is 5.50. The molecule has 0 fully saturated rings. The van der Waals surface area contributed by atoms with E-state index in [0.717, 1.165) is 43.6 Å². The van der Waals surface area contributed by atoms with E-state index in [1.165, 1.54) is 12.0 Å². The van der Waals surface area contributed by atoms with Crippen LogP contribution in [0.5, 0.6) is 0 Å². The number of oxazole rings is 1. The summed E-state index contributed by atoms with van der Waals surface area (Å²) in [5, 5.41) is 0. The number of likely N-dealkylation sites (N-methyl/N-ethyl adjacent to an activating group) is 1. The average molecular weight is 233 g/mol.